The number of carbonyl (C=O) groups is 2. The molecule has 0 atom stereocenters. The normalized spacial score (nSPS) is 16.1. The van der Waals surface area contributed by atoms with Crippen molar-refractivity contribution in [2.24, 2.45) is 5.73 Å². The number of aromatic nitrogens is 2. The maximum Gasteiger partial charge on any atom is 0.254 e. The minimum atomic E-state index is -0.546. The quantitative estimate of drug-likeness (QED) is 0.747. The van der Waals surface area contributed by atoms with E-state index < -0.39 is 5.91 Å². The minimum Gasteiger partial charge on any atom is -0.367 e. The third-order valence-corrected chi connectivity index (χ3v) is 5.16. The third-order valence-electron chi connectivity index (χ3n) is 5.16. The van der Waals surface area contributed by atoms with Gasteiger partial charge < -0.3 is 21.3 Å². The van der Waals surface area contributed by atoms with Gasteiger partial charge in [-0.25, -0.2) is 4.98 Å². The molecule has 0 spiro atoms. The van der Waals surface area contributed by atoms with Crippen LogP contribution in [0.5, 0.6) is 0 Å². The Hall–Kier alpha value is -3.16. The number of rotatable bonds is 5. The number of benzene rings is 1. The van der Waals surface area contributed by atoms with E-state index in [1.54, 1.807) is 0 Å². The number of primary amides is 1. The Labute approximate surface area is 157 Å². The minimum absolute atomic E-state index is 0.0423. The summed E-state index contributed by atoms with van der Waals surface area (Å²) in [6, 6.07) is 6.15. The number of nitrogens with zero attached hydrogens (tertiary/aromatic N) is 3. The van der Waals surface area contributed by atoms with Crippen LogP contribution < -0.4 is 21.3 Å². The lowest BCUT2D eigenvalue weighted by molar-refractivity contribution is -0.116. The van der Waals surface area contributed by atoms with Crippen molar-refractivity contribution in [1.29, 1.82) is 0 Å². The summed E-state index contributed by atoms with van der Waals surface area (Å²) in [4.78, 5) is 33.9. The number of hydrogen-bond donors (Lipinski definition) is 3. The van der Waals surface area contributed by atoms with Crippen LogP contribution in [0, 0.1) is 0 Å². The smallest absolute Gasteiger partial charge is 0.254 e. The molecule has 0 saturated heterocycles. The standard InChI is InChI=1S/C19H22N6O2/c1-25(13-6-7-15-11(9-13)5-8-16(26)23-15)19-21-10-14(17(20)27)18(24-19)22-12-3-2-4-12/h6-7,9-10,12H,2-5,8H2,1H3,(H2,20,27)(H,23,26)(H,21,22,24). The van der Waals surface area contributed by atoms with Gasteiger partial charge in [0.15, 0.2) is 0 Å². The Balaban J connectivity index is 1.63. The molecule has 1 aliphatic heterocycles. The van der Waals surface area contributed by atoms with Crippen molar-refractivity contribution in [3.63, 3.8) is 0 Å². The van der Waals surface area contributed by atoms with Gasteiger partial charge in [0.05, 0.1) is 5.56 Å². The van der Waals surface area contributed by atoms with Gasteiger partial charge in [-0.05, 0) is 49.4 Å². The Morgan fingerprint density at radius 3 is 2.85 bits per heavy atom. The van der Waals surface area contributed by atoms with Crippen LogP contribution in [0.2, 0.25) is 0 Å². The molecule has 8 nitrogen and oxygen atoms in total. The average molecular weight is 366 g/mol. The molecule has 0 bridgehead atoms. The molecule has 2 aromatic rings. The fourth-order valence-corrected chi connectivity index (χ4v) is 3.26. The highest BCUT2D eigenvalue weighted by atomic mass is 16.2. The Morgan fingerprint density at radius 1 is 1.33 bits per heavy atom. The first-order valence-corrected chi connectivity index (χ1v) is 9.11. The second kappa shape index (κ2) is 6.86. The van der Waals surface area contributed by atoms with Gasteiger partial charge in [-0.15, -0.1) is 0 Å². The number of aryl methyl sites for hydroxylation is 1. The van der Waals surface area contributed by atoms with Crippen molar-refractivity contribution in [3.8, 4) is 0 Å². The van der Waals surface area contributed by atoms with Crippen LogP contribution in [-0.4, -0.2) is 34.9 Å². The van der Waals surface area contributed by atoms with Crippen molar-refractivity contribution < 1.29 is 9.59 Å². The van der Waals surface area contributed by atoms with Crippen LogP contribution in [0.1, 0.15) is 41.6 Å². The molecule has 140 valence electrons. The summed E-state index contributed by atoms with van der Waals surface area (Å²) < 4.78 is 0. The zero-order chi connectivity index (χ0) is 19.0. The molecular formula is C19H22N6O2. The fourth-order valence-electron chi connectivity index (χ4n) is 3.26. The number of carbonyl (C=O) groups excluding carboxylic acids is 2. The van der Waals surface area contributed by atoms with Crippen molar-refractivity contribution in [2.45, 2.75) is 38.1 Å². The lowest BCUT2D eigenvalue weighted by Crippen LogP contribution is -2.30. The second-order valence-corrected chi connectivity index (χ2v) is 7.02. The molecule has 0 radical (unpaired) electrons. The Bertz CT molecular complexity index is 909. The first-order chi connectivity index (χ1) is 13.0. The average Bonchev–Trinajstić information content (AvgIpc) is 2.63. The highest BCUT2D eigenvalue weighted by Crippen LogP contribution is 2.30. The van der Waals surface area contributed by atoms with E-state index in [2.05, 4.69) is 20.6 Å². The molecule has 1 aliphatic carbocycles. The maximum atomic E-state index is 11.7. The predicted octanol–water partition coefficient (Wildman–Crippen LogP) is 2.19. The first kappa shape index (κ1) is 17.3. The first-order valence-electron chi connectivity index (χ1n) is 9.11. The molecule has 27 heavy (non-hydrogen) atoms. The predicted molar refractivity (Wildman–Crippen MR) is 103 cm³/mol. The summed E-state index contributed by atoms with van der Waals surface area (Å²) in [7, 11) is 1.87. The molecule has 4 N–H and O–H groups in total. The van der Waals surface area contributed by atoms with Crippen molar-refractivity contribution in [3.05, 3.63) is 35.5 Å². The van der Waals surface area contributed by atoms with E-state index in [4.69, 9.17) is 5.73 Å². The second-order valence-electron chi connectivity index (χ2n) is 7.02. The van der Waals surface area contributed by atoms with Gasteiger partial charge >= 0.3 is 0 Å². The summed E-state index contributed by atoms with van der Waals surface area (Å²) in [6.45, 7) is 0. The molecule has 2 heterocycles. The summed E-state index contributed by atoms with van der Waals surface area (Å²) in [5.74, 6) is 0.451. The summed E-state index contributed by atoms with van der Waals surface area (Å²) >= 11 is 0. The zero-order valence-corrected chi connectivity index (χ0v) is 15.2. The van der Waals surface area contributed by atoms with E-state index >= 15 is 0 Å². The monoisotopic (exact) mass is 366 g/mol. The lowest BCUT2D eigenvalue weighted by Gasteiger charge is -2.28. The van der Waals surface area contributed by atoms with Gasteiger partial charge in [0.2, 0.25) is 11.9 Å². The Morgan fingerprint density at radius 2 is 2.15 bits per heavy atom. The summed E-state index contributed by atoms with van der Waals surface area (Å²) in [5, 5.41) is 6.18. The van der Waals surface area contributed by atoms with E-state index in [0.717, 1.165) is 29.8 Å². The molecule has 8 heteroatoms. The van der Waals surface area contributed by atoms with Crippen molar-refractivity contribution in [2.75, 3.05) is 22.6 Å². The van der Waals surface area contributed by atoms with E-state index in [1.165, 1.54) is 12.6 Å². The summed E-state index contributed by atoms with van der Waals surface area (Å²) in [5.41, 5.74) is 8.61. The Kier molecular flexibility index (Phi) is 4.39. The zero-order valence-electron chi connectivity index (χ0n) is 15.2. The van der Waals surface area contributed by atoms with Gasteiger partial charge in [-0.1, -0.05) is 0 Å². The van der Waals surface area contributed by atoms with E-state index in [1.807, 2.05) is 30.1 Å². The van der Waals surface area contributed by atoms with Crippen LogP contribution in [-0.2, 0) is 11.2 Å². The number of nitrogens with two attached hydrogens (primary N) is 1. The van der Waals surface area contributed by atoms with Crippen molar-refractivity contribution >= 4 is 35.0 Å². The number of amides is 2. The SMILES string of the molecule is CN(c1ccc2c(c1)CCC(=O)N2)c1ncc(C(N)=O)c(NC2CCC2)n1. The molecular weight excluding hydrogens is 344 g/mol. The molecule has 1 aromatic heterocycles. The highest BCUT2D eigenvalue weighted by Gasteiger charge is 2.22. The number of anilines is 4. The van der Waals surface area contributed by atoms with Crippen LogP contribution in [0.3, 0.4) is 0 Å². The molecule has 1 saturated carbocycles. The topological polar surface area (TPSA) is 113 Å². The fraction of sp³-hybridized carbons (Fsp3) is 0.368. The molecule has 0 unspecified atom stereocenters. The van der Waals surface area contributed by atoms with Crippen LogP contribution in [0.25, 0.3) is 0 Å². The number of fused-ring (bicyclic) bond motifs is 1. The highest BCUT2D eigenvalue weighted by molar-refractivity contribution is 5.97. The van der Waals surface area contributed by atoms with E-state index in [0.29, 0.717) is 36.2 Å². The summed E-state index contributed by atoms with van der Waals surface area (Å²) in [6.07, 6.45) is 5.96. The van der Waals surface area contributed by atoms with Gasteiger partial charge in [-0.3, -0.25) is 9.59 Å². The van der Waals surface area contributed by atoms with Crippen molar-refractivity contribution in [1.82, 2.24) is 9.97 Å². The molecule has 1 aromatic carbocycles. The van der Waals surface area contributed by atoms with Gasteiger partial charge in [0, 0.05) is 37.1 Å². The molecule has 2 amide bonds. The number of nitrogens with one attached hydrogen (secondary N) is 2. The lowest BCUT2D eigenvalue weighted by atomic mass is 9.93. The molecule has 2 aliphatic rings. The molecule has 4 rings (SSSR count). The molecule has 1 fully saturated rings. The van der Waals surface area contributed by atoms with Gasteiger partial charge in [-0.2, -0.15) is 4.98 Å². The van der Waals surface area contributed by atoms with E-state index in [9.17, 15) is 9.59 Å². The van der Waals surface area contributed by atoms with Crippen LogP contribution in [0.4, 0.5) is 23.1 Å². The largest absolute Gasteiger partial charge is 0.367 e. The number of hydrogen-bond acceptors (Lipinski definition) is 6. The van der Waals surface area contributed by atoms with Crippen LogP contribution >= 0.6 is 0 Å². The van der Waals surface area contributed by atoms with Gasteiger partial charge in [0.25, 0.3) is 5.91 Å². The van der Waals surface area contributed by atoms with E-state index in [-0.39, 0.29) is 5.91 Å². The van der Waals surface area contributed by atoms with Crippen LogP contribution in [0.15, 0.2) is 24.4 Å². The van der Waals surface area contributed by atoms with Gasteiger partial charge in [0.1, 0.15) is 5.82 Å². The third kappa shape index (κ3) is 3.42. The maximum absolute atomic E-state index is 11.7.